The lowest BCUT2D eigenvalue weighted by Gasteiger charge is -2.25. The summed E-state index contributed by atoms with van der Waals surface area (Å²) >= 11 is 0. The molecular weight excluding hydrogens is 358 g/mol. The lowest BCUT2D eigenvalue weighted by atomic mass is 10.1. The number of fused-ring (bicyclic) bond motifs is 1. The molecule has 25 heavy (non-hydrogen) atoms. The molecule has 0 N–H and O–H groups in total. The topological polar surface area (TPSA) is 71.5 Å². The Hall–Kier alpha value is -1.70. The largest absolute Gasteiger partial charge is 0.243 e. The third kappa shape index (κ3) is 3.23. The molecule has 1 aliphatic rings. The summed E-state index contributed by atoms with van der Waals surface area (Å²) in [6, 6.07) is 11.8. The predicted octanol–water partition coefficient (Wildman–Crippen LogP) is 2.71. The van der Waals surface area contributed by atoms with Gasteiger partial charge in [-0.1, -0.05) is 30.3 Å². The van der Waals surface area contributed by atoms with Crippen molar-refractivity contribution in [2.45, 2.75) is 35.6 Å². The van der Waals surface area contributed by atoms with Gasteiger partial charge in [0.1, 0.15) is 0 Å². The summed E-state index contributed by atoms with van der Waals surface area (Å²) in [6.07, 6.45) is 2.63. The van der Waals surface area contributed by atoms with Crippen LogP contribution in [0.15, 0.2) is 52.3 Å². The average molecular weight is 380 g/mol. The van der Waals surface area contributed by atoms with Gasteiger partial charge in [-0.05, 0) is 48.6 Å². The number of nitrogens with zero attached hydrogens (tertiary/aromatic N) is 1. The number of hydrogen-bond donors (Lipinski definition) is 0. The number of sulfonamides is 1. The minimum Gasteiger partial charge on any atom is -0.224 e. The van der Waals surface area contributed by atoms with Crippen molar-refractivity contribution >= 4 is 19.9 Å². The molecule has 2 aromatic carbocycles. The lowest BCUT2D eigenvalue weighted by molar-refractivity contribution is 0.374. The zero-order valence-corrected chi connectivity index (χ0v) is 16.1. The fourth-order valence-electron chi connectivity index (χ4n) is 3.32. The second-order valence-electron chi connectivity index (χ2n) is 6.47. The summed E-state index contributed by atoms with van der Waals surface area (Å²) in [7, 11) is -5.72. The van der Waals surface area contributed by atoms with Gasteiger partial charge >= 0.3 is 0 Å². The second-order valence-corrected chi connectivity index (χ2v) is 10.5. The number of hydrogen-bond acceptors (Lipinski definition) is 4. The molecule has 1 unspecified atom stereocenters. The molecule has 0 radical (unpaired) electrons. The Kier molecular flexibility index (Phi) is 4.51. The van der Waals surface area contributed by atoms with Crippen molar-refractivity contribution in [2.75, 3.05) is 13.3 Å². The summed E-state index contributed by atoms with van der Waals surface area (Å²) < 4.78 is 51.3. The molecule has 2 aromatic rings. The van der Waals surface area contributed by atoms with Crippen molar-refractivity contribution in [2.24, 2.45) is 0 Å². The zero-order valence-electron chi connectivity index (χ0n) is 14.4. The van der Waals surface area contributed by atoms with E-state index in [-0.39, 0.29) is 15.8 Å². The minimum absolute atomic E-state index is 0.0110. The molecule has 1 aliphatic carbocycles. The first kappa shape index (κ1) is 18.1. The first-order valence-electron chi connectivity index (χ1n) is 7.99. The number of rotatable bonds is 4. The van der Waals surface area contributed by atoms with Crippen molar-refractivity contribution < 1.29 is 16.8 Å². The summed E-state index contributed by atoms with van der Waals surface area (Å²) in [5.41, 5.74) is 2.71. The van der Waals surface area contributed by atoms with E-state index in [4.69, 9.17) is 0 Å². The highest BCUT2D eigenvalue weighted by atomic mass is 32.2. The van der Waals surface area contributed by atoms with E-state index in [1.807, 2.05) is 24.3 Å². The Bertz CT molecular complexity index is 1030. The highest BCUT2D eigenvalue weighted by molar-refractivity contribution is 7.91. The van der Waals surface area contributed by atoms with E-state index in [2.05, 4.69) is 0 Å². The number of sulfone groups is 1. The highest BCUT2D eigenvalue weighted by Gasteiger charge is 2.34. The Morgan fingerprint density at radius 2 is 1.72 bits per heavy atom. The monoisotopic (exact) mass is 379 g/mol. The quantitative estimate of drug-likeness (QED) is 0.819. The Morgan fingerprint density at radius 1 is 1.04 bits per heavy atom. The van der Waals surface area contributed by atoms with Crippen LogP contribution in [-0.2, 0) is 26.3 Å². The van der Waals surface area contributed by atoms with Crippen molar-refractivity contribution in [1.82, 2.24) is 4.31 Å². The smallest absolute Gasteiger partial charge is 0.224 e. The van der Waals surface area contributed by atoms with Crippen LogP contribution in [0.2, 0.25) is 0 Å². The van der Waals surface area contributed by atoms with Gasteiger partial charge in [0.2, 0.25) is 10.0 Å². The van der Waals surface area contributed by atoms with Crippen molar-refractivity contribution in [1.29, 1.82) is 0 Å². The van der Waals surface area contributed by atoms with Gasteiger partial charge < -0.3 is 0 Å². The van der Waals surface area contributed by atoms with Gasteiger partial charge in [-0.3, -0.25) is 0 Å². The molecule has 0 amide bonds. The molecule has 0 spiro atoms. The lowest BCUT2D eigenvalue weighted by Crippen LogP contribution is -2.31. The molecule has 1 atom stereocenters. The molecule has 0 heterocycles. The van der Waals surface area contributed by atoms with E-state index in [0.717, 1.165) is 30.2 Å². The van der Waals surface area contributed by atoms with Crippen LogP contribution in [0.3, 0.4) is 0 Å². The summed E-state index contributed by atoms with van der Waals surface area (Å²) in [5, 5.41) is 0. The molecular formula is C18H21NO4S2. The Labute approximate surface area is 149 Å². The average Bonchev–Trinajstić information content (AvgIpc) is 2.97. The van der Waals surface area contributed by atoms with Crippen LogP contribution in [0.4, 0.5) is 0 Å². The maximum Gasteiger partial charge on any atom is 0.243 e. The third-order valence-corrected chi connectivity index (χ3v) is 7.90. The van der Waals surface area contributed by atoms with Gasteiger partial charge in [0.05, 0.1) is 15.8 Å². The molecule has 0 aromatic heterocycles. The minimum atomic E-state index is -3.81. The van der Waals surface area contributed by atoms with E-state index >= 15 is 0 Å². The van der Waals surface area contributed by atoms with Crippen LogP contribution in [0.25, 0.3) is 0 Å². The highest BCUT2D eigenvalue weighted by Crippen LogP contribution is 2.38. The molecule has 134 valence electrons. The molecule has 0 aliphatic heterocycles. The van der Waals surface area contributed by atoms with E-state index in [0.29, 0.717) is 5.56 Å². The Balaban J connectivity index is 2.06. The predicted molar refractivity (Wildman–Crippen MR) is 96.7 cm³/mol. The fraction of sp³-hybridized carbons (Fsp3) is 0.333. The van der Waals surface area contributed by atoms with Gasteiger partial charge in [-0.25, -0.2) is 16.8 Å². The van der Waals surface area contributed by atoms with Crippen LogP contribution < -0.4 is 0 Å². The van der Waals surface area contributed by atoms with Crippen molar-refractivity contribution in [3.63, 3.8) is 0 Å². The molecule has 5 nitrogen and oxygen atoms in total. The van der Waals surface area contributed by atoms with Gasteiger partial charge in [-0.15, -0.1) is 0 Å². The van der Waals surface area contributed by atoms with Crippen molar-refractivity contribution in [3.8, 4) is 0 Å². The summed E-state index contributed by atoms with van der Waals surface area (Å²) in [5.74, 6) is 0. The summed E-state index contributed by atoms with van der Waals surface area (Å²) in [4.78, 5) is 0.0548. The normalized spacial score (nSPS) is 17.7. The standard InChI is InChI=1S/C18H21NO4S2/c1-13-8-10-15(24(3,20)21)12-18(13)25(22,23)19(2)17-11-9-14-6-4-5-7-16(14)17/h4-8,10,12,17H,9,11H2,1-3H3. The zero-order chi connectivity index (χ0) is 18.4. The number of benzene rings is 2. The molecule has 0 saturated carbocycles. The fourth-order valence-corrected chi connectivity index (χ4v) is 5.66. The second kappa shape index (κ2) is 6.23. The van der Waals surface area contributed by atoms with Crippen LogP contribution in [-0.4, -0.2) is 34.4 Å². The van der Waals surface area contributed by atoms with Gasteiger partial charge in [0.25, 0.3) is 0 Å². The first-order valence-corrected chi connectivity index (χ1v) is 11.3. The Morgan fingerprint density at radius 3 is 2.40 bits per heavy atom. The van der Waals surface area contributed by atoms with Crippen LogP contribution in [0, 0.1) is 6.92 Å². The van der Waals surface area contributed by atoms with Crippen LogP contribution >= 0.6 is 0 Å². The molecule has 0 saturated heterocycles. The van der Waals surface area contributed by atoms with E-state index in [9.17, 15) is 16.8 Å². The van der Waals surface area contributed by atoms with Gasteiger partial charge in [0.15, 0.2) is 9.84 Å². The van der Waals surface area contributed by atoms with E-state index < -0.39 is 19.9 Å². The van der Waals surface area contributed by atoms with E-state index in [1.165, 1.54) is 16.4 Å². The SMILES string of the molecule is Cc1ccc(S(C)(=O)=O)cc1S(=O)(=O)N(C)C1CCc2ccccc21. The maximum absolute atomic E-state index is 13.2. The number of aryl methyl sites for hydroxylation is 2. The van der Waals surface area contributed by atoms with E-state index in [1.54, 1.807) is 20.0 Å². The van der Waals surface area contributed by atoms with Gasteiger partial charge in [0, 0.05) is 13.3 Å². The maximum atomic E-state index is 13.2. The van der Waals surface area contributed by atoms with Gasteiger partial charge in [-0.2, -0.15) is 4.31 Å². The molecule has 0 fully saturated rings. The molecule has 3 rings (SSSR count). The molecule has 7 heteroatoms. The first-order chi connectivity index (χ1) is 11.6. The molecule has 0 bridgehead atoms. The van der Waals surface area contributed by atoms with Crippen LogP contribution in [0.5, 0.6) is 0 Å². The van der Waals surface area contributed by atoms with Crippen LogP contribution in [0.1, 0.15) is 29.2 Å². The van der Waals surface area contributed by atoms with Crippen molar-refractivity contribution in [3.05, 3.63) is 59.2 Å². The third-order valence-electron chi connectivity index (χ3n) is 4.78. The summed E-state index contributed by atoms with van der Waals surface area (Å²) in [6.45, 7) is 1.68.